The minimum atomic E-state index is -0.661. The number of amides is 2. The third kappa shape index (κ3) is 7.45. The van der Waals surface area contributed by atoms with Crippen molar-refractivity contribution in [2.75, 3.05) is 13.2 Å². The molecule has 1 atom stereocenters. The molecule has 0 bridgehead atoms. The molecule has 3 aromatic carbocycles. The summed E-state index contributed by atoms with van der Waals surface area (Å²) in [6.45, 7) is 11.0. The molecule has 3 aromatic rings. The highest BCUT2D eigenvalue weighted by atomic mass is 16.5. The number of benzene rings is 3. The summed E-state index contributed by atoms with van der Waals surface area (Å²) in [6, 6.07) is 24.9. The fourth-order valence-corrected chi connectivity index (χ4v) is 4.10. The Morgan fingerprint density at radius 1 is 0.917 bits per heavy atom. The maximum atomic E-state index is 13.6. The van der Waals surface area contributed by atoms with E-state index in [0.29, 0.717) is 25.3 Å². The first-order chi connectivity index (χ1) is 17.2. The van der Waals surface area contributed by atoms with Crippen LogP contribution in [0.3, 0.4) is 0 Å². The first-order valence-corrected chi connectivity index (χ1v) is 12.6. The van der Waals surface area contributed by atoms with Gasteiger partial charge in [-0.3, -0.25) is 9.59 Å². The van der Waals surface area contributed by atoms with Crippen LogP contribution in [0, 0.1) is 6.92 Å². The molecule has 0 saturated carbocycles. The molecule has 0 fully saturated rings. The van der Waals surface area contributed by atoms with Crippen molar-refractivity contribution in [3.63, 3.8) is 0 Å². The molecule has 0 radical (unpaired) electrons. The van der Waals surface area contributed by atoms with E-state index in [0.717, 1.165) is 16.7 Å². The monoisotopic (exact) mass is 486 g/mol. The summed E-state index contributed by atoms with van der Waals surface area (Å²) in [5, 5.41) is 2.92. The zero-order valence-electron chi connectivity index (χ0n) is 22.1. The third-order valence-corrected chi connectivity index (χ3v) is 6.31. The van der Waals surface area contributed by atoms with Gasteiger partial charge in [-0.2, -0.15) is 0 Å². The molecule has 0 spiro atoms. The number of hydrogen-bond donors (Lipinski definition) is 1. The van der Waals surface area contributed by atoms with Gasteiger partial charge in [0.2, 0.25) is 5.91 Å². The summed E-state index contributed by atoms with van der Waals surface area (Å²) < 4.78 is 5.90. The van der Waals surface area contributed by atoms with E-state index in [2.05, 4.69) is 26.1 Å². The van der Waals surface area contributed by atoms with Gasteiger partial charge in [0.25, 0.3) is 5.91 Å². The van der Waals surface area contributed by atoms with Gasteiger partial charge in [0.05, 0.1) is 0 Å². The minimum absolute atomic E-state index is 0.0377. The summed E-state index contributed by atoms with van der Waals surface area (Å²) in [6.07, 6.45) is 0.421. The molecule has 0 heterocycles. The standard InChI is InChI=1S/C31H38N2O3/c1-6-32-30(35)28(20-24-13-8-7-9-14-24)33(21-25-15-11-10-12-23(25)2)29(34)22-36-27-18-16-26(17-19-27)31(3,4)5/h7-19,28H,6,20-22H2,1-5H3,(H,32,35)/t28-/m1/s1. The van der Waals surface area contributed by atoms with Gasteiger partial charge in [-0.15, -0.1) is 0 Å². The summed E-state index contributed by atoms with van der Waals surface area (Å²) >= 11 is 0. The van der Waals surface area contributed by atoms with Crippen molar-refractivity contribution in [3.8, 4) is 5.75 Å². The van der Waals surface area contributed by atoms with Crippen LogP contribution < -0.4 is 10.1 Å². The Balaban J connectivity index is 1.86. The number of rotatable bonds is 10. The summed E-state index contributed by atoms with van der Waals surface area (Å²) in [4.78, 5) is 28.5. The third-order valence-electron chi connectivity index (χ3n) is 6.31. The Morgan fingerprint density at radius 2 is 1.56 bits per heavy atom. The van der Waals surface area contributed by atoms with Crippen LogP contribution in [-0.4, -0.2) is 35.9 Å². The quantitative estimate of drug-likeness (QED) is 0.415. The highest BCUT2D eigenvalue weighted by Gasteiger charge is 2.30. The van der Waals surface area contributed by atoms with E-state index in [4.69, 9.17) is 4.74 Å². The molecule has 5 heteroatoms. The molecule has 5 nitrogen and oxygen atoms in total. The highest BCUT2D eigenvalue weighted by molar-refractivity contribution is 5.88. The topological polar surface area (TPSA) is 58.6 Å². The lowest BCUT2D eigenvalue weighted by Gasteiger charge is -2.32. The van der Waals surface area contributed by atoms with Crippen molar-refractivity contribution in [2.24, 2.45) is 0 Å². The van der Waals surface area contributed by atoms with Crippen LogP contribution in [0.25, 0.3) is 0 Å². The molecule has 0 aromatic heterocycles. The molecule has 0 saturated heterocycles. The van der Waals surface area contributed by atoms with E-state index < -0.39 is 6.04 Å². The van der Waals surface area contributed by atoms with E-state index in [-0.39, 0.29) is 23.8 Å². The zero-order valence-corrected chi connectivity index (χ0v) is 22.1. The van der Waals surface area contributed by atoms with E-state index >= 15 is 0 Å². The lowest BCUT2D eigenvalue weighted by Crippen LogP contribution is -2.51. The Morgan fingerprint density at radius 3 is 2.17 bits per heavy atom. The van der Waals surface area contributed by atoms with Crippen LogP contribution in [0.15, 0.2) is 78.9 Å². The van der Waals surface area contributed by atoms with Crippen molar-refractivity contribution in [2.45, 2.75) is 59.0 Å². The van der Waals surface area contributed by atoms with Gasteiger partial charge in [0.1, 0.15) is 11.8 Å². The number of ether oxygens (including phenoxy) is 1. The predicted molar refractivity (Wildman–Crippen MR) is 145 cm³/mol. The van der Waals surface area contributed by atoms with Crippen molar-refractivity contribution < 1.29 is 14.3 Å². The number of hydrogen-bond acceptors (Lipinski definition) is 3. The number of nitrogens with zero attached hydrogens (tertiary/aromatic N) is 1. The van der Waals surface area contributed by atoms with Gasteiger partial charge in [0.15, 0.2) is 6.61 Å². The number of nitrogens with one attached hydrogen (secondary N) is 1. The average Bonchev–Trinajstić information content (AvgIpc) is 2.86. The zero-order chi connectivity index (χ0) is 26.1. The van der Waals surface area contributed by atoms with Crippen molar-refractivity contribution >= 4 is 11.8 Å². The second-order valence-corrected chi connectivity index (χ2v) is 10.1. The lowest BCUT2D eigenvalue weighted by molar-refractivity contribution is -0.142. The predicted octanol–water partition coefficient (Wildman–Crippen LogP) is 5.45. The Kier molecular flexibility index (Phi) is 9.29. The molecule has 190 valence electrons. The van der Waals surface area contributed by atoms with E-state index in [1.54, 1.807) is 4.90 Å². The van der Waals surface area contributed by atoms with Gasteiger partial charge in [-0.1, -0.05) is 87.5 Å². The second-order valence-electron chi connectivity index (χ2n) is 10.1. The average molecular weight is 487 g/mol. The maximum absolute atomic E-state index is 13.6. The van der Waals surface area contributed by atoms with E-state index in [9.17, 15) is 9.59 Å². The summed E-state index contributed by atoms with van der Waals surface area (Å²) in [5.74, 6) is 0.230. The largest absolute Gasteiger partial charge is 0.484 e. The smallest absolute Gasteiger partial charge is 0.261 e. The van der Waals surface area contributed by atoms with Gasteiger partial charge in [-0.05, 0) is 53.6 Å². The maximum Gasteiger partial charge on any atom is 0.261 e. The SMILES string of the molecule is CCNC(=O)[C@@H](Cc1ccccc1)N(Cc1ccccc1C)C(=O)COc1ccc(C(C)(C)C)cc1. The highest BCUT2D eigenvalue weighted by Crippen LogP contribution is 2.24. The van der Waals surface area contributed by atoms with E-state index in [1.807, 2.05) is 92.7 Å². The van der Waals surface area contributed by atoms with Crippen LogP contribution in [0.5, 0.6) is 5.75 Å². The number of carbonyl (C=O) groups is 2. The molecule has 0 aliphatic rings. The molecular formula is C31H38N2O3. The first kappa shape index (κ1) is 27.0. The van der Waals surface area contributed by atoms with Gasteiger partial charge >= 0.3 is 0 Å². The molecule has 3 rings (SSSR count). The molecule has 36 heavy (non-hydrogen) atoms. The normalized spacial score (nSPS) is 12.0. The van der Waals surface area contributed by atoms with Crippen LogP contribution in [0.1, 0.15) is 49.9 Å². The van der Waals surface area contributed by atoms with Gasteiger partial charge in [0, 0.05) is 19.5 Å². The number of carbonyl (C=O) groups excluding carboxylic acids is 2. The fourth-order valence-electron chi connectivity index (χ4n) is 4.10. The van der Waals surface area contributed by atoms with Gasteiger partial charge in [-0.25, -0.2) is 0 Å². The lowest BCUT2D eigenvalue weighted by atomic mass is 9.87. The van der Waals surface area contributed by atoms with Crippen LogP contribution in [-0.2, 0) is 28.0 Å². The van der Waals surface area contributed by atoms with Crippen molar-refractivity contribution in [1.82, 2.24) is 10.2 Å². The molecular weight excluding hydrogens is 448 g/mol. The second kappa shape index (κ2) is 12.4. The summed E-state index contributed by atoms with van der Waals surface area (Å²) in [7, 11) is 0. The fraction of sp³-hybridized carbons (Fsp3) is 0.355. The Bertz CT molecular complexity index is 1130. The Hall–Kier alpha value is -3.60. The van der Waals surface area contributed by atoms with Crippen LogP contribution in [0.2, 0.25) is 0 Å². The summed E-state index contributed by atoms with van der Waals surface area (Å²) in [5.41, 5.74) is 4.30. The van der Waals surface area contributed by atoms with Crippen LogP contribution >= 0.6 is 0 Å². The number of likely N-dealkylation sites (N-methyl/N-ethyl adjacent to an activating group) is 1. The van der Waals surface area contributed by atoms with Crippen molar-refractivity contribution in [1.29, 1.82) is 0 Å². The van der Waals surface area contributed by atoms with E-state index in [1.165, 1.54) is 5.56 Å². The molecule has 0 unspecified atom stereocenters. The molecule has 2 amide bonds. The first-order valence-electron chi connectivity index (χ1n) is 12.6. The molecule has 0 aliphatic heterocycles. The van der Waals surface area contributed by atoms with Gasteiger partial charge < -0.3 is 15.0 Å². The molecule has 1 N–H and O–H groups in total. The van der Waals surface area contributed by atoms with Crippen molar-refractivity contribution in [3.05, 3.63) is 101 Å². The number of aryl methyl sites for hydroxylation is 1. The molecule has 0 aliphatic carbocycles. The minimum Gasteiger partial charge on any atom is -0.484 e. The Labute approximate surface area is 215 Å². The van der Waals surface area contributed by atoms with Crippen LogP contribution in [0.4, 0.5) is 0 Å².